The summed E-state index contributed by atoms with van der Waals surface area (Å²) in [6.07, 6.45) is 0.673. The van der Waals surface area contributed by atoms with Crippen LogP contribution in [0, 0.1) is 4.64 Å². The molecule has 2 heterocycles. The largest absolute Gasteiger partial charge is 0.497 e. The van der Waals surface area contributed by atoms with Gasteiger partial charge in [0.25, 0.3) is 0 Å². The summed E-state index contributed by atoms with van der Waals surface area (Å²) in [5.74, 6) is 3.37. The van der Waals surface area contributed by atoms with Gasteiger partial charge in [-0.2, -0.15) is 0 Å². The highest BCUT2D eigenvalue weighted by atomic mass is 79.9. The van der Waals surface area contributed by atoms with E-state index in [4.69, 9.17) is 26.4 Å². The Labute approximate surface area is 164 Å². The van der Waals surface area contributed by atoms with Gasteiger partial charge in [-0.25, -0.2) is 4.98 Å². The number of H-pyrrole nitrogens is 1. The van der Waals surface area contributed by atoms with Crippen molar-refractivity contribution < 1.29 is 14.2 Å². The first-order chi connectivity index (χ1) is 12.6. The lowest BCUT2D eigenvalue weighted by molar-refractivity contribution is 0.395. The number of ether oxygens (including phenoxy) is 3. The van der Waals surface area contributed by atoms with Crippen LogP contribution >= 0.6 is 28.1 Å². The third-order valence-corrected chi connectivity index (χ3v) is 5.07. The van der Waals surface area contributed by atoms with Crippen LogP contribution in [0.1, 0.15) is 11.1 Å². The highest BCUT2D eigenvalue weighted by Gasteiger charge is 2.21. The molecule has 0 saturated carbocycles. The summed E-state index contributed by atoms with van der Waals surface area (Å²) in [4.78, 5) is 7.82. The molecule has 0 aliphatic carbocycles. The van der Waals surface area contributed by atoms with E-state index in [1.807, 2.05) is 30.3 Å². The Morgan fingerprint density at radius 3 is 2.77 bits per heavy atom. The fourth-order valence-corrected chi connectivity index (χ4v) is 3.59. The maximum atomic E-state index is 6.05. The molecule has 1 aliphatic heterocycles. The lowest BCUT2D eigenvalue weighted by Crippen LogP contribution is -2.08. The summed E-state index contributed by atoms with van der Waals surface area (Å²) in [5, 5.41) is 0. The van der Waals surface area contributed by atoms with E-state index in [0.29, 0.717) is 34.3 Å². The van der Waals surface area contributed by atoms with E-state index in [1.54, 1.807) is 20.3 Å². The van der Waals surface area contributed by atoms with Crippen molar-refractivity contribution in [1.29, 1.82) is 0 Å². The Morgan fingerprint density at radius 1 is 1.15 bits per heavy atom. The molecule has 0 spiro atoms. The van der Waals surface area contributed by atoms with Gasteiger partial charge < -0.3 is 19.2 Å². The Morgan fingerprint density at radius 2 is 2.00 bits per heavy atom. The highest BCUT2D eigenvalue weighted by molar-refractivity contribution is 9.10. The van der Waals surface area contributed by atoms with Crippen LogP contribution in [0.25, 0.3) is 11.4 Å². The van der Waals surface area contributed by atoms with Crippen LogP contribution < -0.4 is 14.2 Å². The maximum absolute atomic E-state index is 6.05. The molecule has 0 saturated heterocycles. The first kappa shape index (κ1) is 17.1. The van der Waals surface area contributed by atoms with Gasteiger partial charge in [0, 0.05) is 22.5 Å². The van der Waals surface area contributed by atoms with Crippen LogP contribution in [0.4, 0.5) is 0 Å². The topological polar surface area (TPSA) is 56.4 Å². The van der Waals surface area contributed by atoms with Gasteiger partial charge in [-0.3, -0.25) is 0 Å². The van der Waals surface area contributed by atoms with Gasteiger partial charge in [0.15, 0.2) is 0 Å². The van der Waals surface area contributed by atoms with Crippen molar-refractivity contribution in [2.24, 2.45) is 0 Å². The monoisotopic (exact) mass is 430 g/mol. The van der Waals surface area contributed by atoms with E-state index in [0.717, 1.165) is 26.9 Å². The Bertz CT molecular complexity index is 1070. The minimum Gasteiger partial charge on any atom is -0.497 e. The van der Waals surface area contributed by atoms with E-state index >= 15 is 0 Å². The Hall–Kier alpha value is -2.38. The van der Waals surface area contributed by atoms with Crippen molar-refractivity contribution >= 4 is 28.1 Å². The number of fused-ring (bicyclic) bond motifs is 2. The normalized spacial score (nSPS) is 12.0. The minimum absolute atomic E-state index is 0.511. The van der Waals surface area contributed by atoms with Gasteiger partial charge in [-0.05, 0) is 30.3 Å². The molecule has 0 atom stereocenters. The van der Waals surface area contributed by atoms with E-state index in [-0.39, 0.29) is 0 Å². The number of hydrogen-bond acceptors (Lipinski definition) is 5. The molecule has 0 amide bonds. The van der Waals surface area contributed by atoms with Crippen molar-refractivity contribution in [1.82, 2.24) is 9.97 Å². The summed E-state index contributed by atoms with van der Waals surface area (Å²) in [6, 6.07) is 11.5. The molecule has 3 aromatic rings. The van der Waals surface area contributed by atoms with E-state index in [9.17, 15) is 0 Å². The first-order valence-electron chi connectivity index (χ1n) is 7.91. The summed E-state index contributed by atoms with van der Waals surface area (Å²) in [7, 11) is 3.22. The number of halogens is 1. The number of rotatable bonds is 3. The van der Waals surface area contributed by atoms with Gasteiger partial charge in [0.1, 0.15) is 27.7 Å². The van der Waals surface area contributed by atoms with E-state index in [2.05, 4.69) is 25.9 Å². The summed E-state index contributed by atoms with van der Waals surface area (Å²) < 4.78 is 18.3. The van der Waals surface area contributed by atoms with Gasteiger partial charge in [-0.15, -0.1) is 0 Å². The van der Waals surface area contributed by atoms with Gasteiger partial charge in [-0.1, -0.05) is 28.1 Å². The van der Waals surface area contributed by atoms with Crippen LogP contribution in [0.2, 0.25) is 0 Å². The quantitative estimate of drug-likeness (QED) is 0.447. The standard InChI is InChI=1S/C19H15BrN2O3S/c1-23-12-4-5-13(16(9-12)24-2)17-21-18-14(19(26)22-17)8-10-7-11(20)3-6-15(10)25-18/h3-7,9H,8H2,1-2H3,(H,21,22,26). The molecule has 132 valence electrons. The average molecular weight is 431 g/mol. The van der Waals surface area contributed by atoms with Crippen molar-refractivity contribution in [2.45, 2.75) is 6.42 Å². The molecule has 1 aliphatic rings. The Balaban J connectivity index is 1.81. The highest BCUT2D eigenvalue weighted by Crippen LogP contribution is 2.39. The molecule has 5 nitrogen and oxygen atoms in total. The average Bonchev–Trinajstić information content (AvgIpc) is 2.66. The summed E-state index contributed by atoms with van der Waals surface area (Å²) >= 11 is 9.02. The molecule has 0 unspecified atom stereocenters. The number of methoxy groups -OCH3 is 2. The summed E-state index contributed by atoms with van der Waals surface area (Å²) in [5.41, 5.74) is 2.73. The van der Waals surface area contributed by atoms with Gasteiger partial charge >= 0.3 is 0 Å². The number of benzene rings is 2. The molecule has 0 bridgehead atoms. The molecular formula is C19H15BrN2O3S. The van der Waals surface area contributed by atoms with Crippen LogP contribution in [0.15, 0.2) is 40.9 Å². The predicted molar refractivity (Wildman–Crippen MR) is 105 cm³/mol. The summed E-state index contributed by atoms with van der Waals surface area (Å²) in [6.45, 7) is 0. The third-order valence-electron chi connectivity index (χ3n) is 4.24. The minimum atomic E-state index is 0.511. The smallest absolute Gasteiger partial charge is 0.205 e. The van der Waals surface area contributed by atoms with Crippen molar-refractivity contribution in [3.63, 3.8) is 0 Å². The van der Waals surface area contributed by atoms with Gasteiger partial charge in [0.2, 0.25) is 5.88 Å². The fraction of sp³-hybridized carbons (Fsp3) is 0.158. The van der Waals surface area contributed by atoms with E-state index in [1.165, 1.54) is 0 Å². The lowest BCUT2D eigenvalue weighted by atomic mass is 10.0. The number of aromatic amines is 1. The first-order valence-corrected chi connectivity index (χ1v) is 9.11. The van der Waals surface area contributed by atoms with Crippen molar-refractivity contribution in [2.75, 3.05) is 14.2 Å². The second-order valence-corrected chi connectivity index (χ2v) is 7.10. The molecule has 1 aromatic heterocycles. The number of nitrogens with zero attached hydrogens (tertiary/aromatic N) is 1. The number of aromatic nitrogens is 2. The van der Waals surface area contributed by atoms with Crippen molar-refractivity contribution in [3.05, 3.63) is 56.6 Å². The maximum Gasteiger partial charge on any atom is 0.205 e. The SMILES string of the molecule is COc1ccc(-c2nc(=S)c3c([nH]2)Oc2ccc(Br)cc2C3)c(OC)c1. The van der Waals surface area contributed by atoms with Crippen LogP contribution in [0.5, 0.6) is 23.1 Å². The van der Waals surface area contributed by atoms with Crippen LogP contribution in [-0.4, -0.2) is 24.2 Å². The van der Waals surface area contributed by atoms with E-state index < -0.39 is 0 Å². The molecule has 4 rings (SSSR count). The molecule has 7 heteroatoms. The molecular weight excluding hydrogens is 416 g/mol. The lowest BCUT2D eigenvalue weighted by Gasteiger charge is -2.21. The molecule has 26 heavy (non-hydrogen) atoms. The predicted octanol–water partition coefficient (Wildman–Crippen LogP) is 5.28. The molecule has 1 N–H and O–H groups in total. The third kappa shape index (κ3) is 2.97. The fourth-order valence-electron chi connectivity index (χ4n) is 2.93. The van der Waals surface area contributed by atoms with Crippen LogP contribution in [0.3, 0.4) is 0 Å². The zero-order chi connectivity index (χ0) is 18.3. The molecule has 0 radical (unpaired) electrons. The second kappa shape index (κ2) is 6.74. The zero-order valence-electron chi connectivity index (χ0n) is 14.1. The van der Waals surface area contributed by atoms with Crippen molar-refractivity contribution in [3.8, 4) is 34.5 Å². The zero-order valence-corrected chi connectivity index (χ0v) is 16.5. The number of hydrogen-bond donors (Lipinski definition) is 1. The molecule has 2 aromatic carbocycles. The van der Waals surface area contributed by atoms with Crippen LogP contribution in [-0.2, 0) is 6.42 Å². The number of nitrogens with one attached hydrogen (secondary N) is 1. The Kier molecular flexibility index (Phi) is 4.42. The van der Waals surface area contributed by atoms with Gasteiger partial charge in [0.05, 0.1) is 25.3 Å². The second-order valence-electron chi connectivity index (χ2n) is 5.80. The molecule has 0 fully saturated rings.